The minimum Gasteiger partial charge on any atom is -0.480 e. The van der Waals surface area contributed by atoms with Gasteiger partial charge in [0.15, 0.2) is 0 Å². The van der Waals surface area contributed by atoms with E-state index in [-0.39, 0.29) is 11.8 Å². The molecule has 5 nitrogen and oxygen atoms in total. The Hall–Kier alpha value is -1.10. The monoisotopic (exact) mass is 270 g/mol. The number of rotatable bonds is 4. The first-order valence-electron chi connectivity index (χ1n) is 6.99. The van der Waals surface area contributed by atoms with Crippen LogP contribution >= 0.6 is 0 Å². The molecule has 0 unspecified atom stereocenters. The van der Waals surface area contributed by atoms with Crippen LogP contribution in [0.4, 0.5) is 0 Å². The molecule has 0 radical (unpaired) electrons. The van der Waals surface area contributed by atoms with Gasteiger partial charge in [-0.25, -0.2) is 4.79 Å². The average molecular weight is 270 g/mol. The molecule has 1 atom stereocenters. The van der Waals surface area contributed by atoms with Crippen LogP contribution in [0, 0.1) is 17.3 Å². The summed E-state index contributed by atoms with van der Waals surface area (Å²) in [4.78, 5) is 23.4. The van der Waals surface area contributed by atoms with Gasteiger partial charge in [-0.3, -0.25) is 4.79 Å². The van der Waals surface area contributed by atoms with Crippen molar-refractivity contribution in [2.45, 2.75) is 52.5 Å². The van der Waals surface area contributed by atoms with E-state index in [9.17, 15) is 14.7 Å². The van der Waals surface area contributed by atoms with Crippen LogP contribution in [0.1, 0.15) is 46.5 Å². The lowest BCUT2D eigenvalue weighted by Gasteiger charge is -2.31. The van der Waals surface area contributed by atoms with Gasteiger partial charge in [0.25, 0.3) is 0 Å². The maximum atomic E-state index is 12.1. The molecule has 1 aliphatic rings. The lowest BCUT2D eigenvalue weighted by atomic mass is 9.80. The van der Waals surface area contributed by atoms with E-state index in [1.54, 1.807) is 0 Å². The van der Waals surface area contributed by atoms with Crippen LogP contribution in [0.2, 0.25) is 0 Å². The van der Waals surface area contributed by atoms with Gasteiger partial charge in [0, 0.05) is 5.92 Å². The maximum Gasteiger partial charge on any atom is 0.326 e. The Balaban J connectivity index is 2.57. The van der Waals surface area contributed by atoms with E-state index in [2.05, 4.69) is 5.32 Å². The second-order valence-corrected chi connectivity index (χ2v) is 6.60. The third-order valence-corrected chi connectivity index (χ3v) is 3.95. The first kappa shape index (κ1) is 16.0. The number of nitrogens with one attached hydrogen (secondary N) is 1. The van der Waals surface area contributed by atoms with E-state index < -0.39 is 17.4 Å². The quantitative estimate of drug-likeness (QED) is 0.719. The van der Waals surface area contributed by atoms with Crippen molar-refractivity contribution in [3.05, 3.63) is 0 Å². The second-order valence-electron chi connectivity index (χ2n) is 6.60. The Kier molecular flexibility index (Phi) is 5.35. The molecular formula is C14H26N2O3. The van der Waals surface area contributed by atoms with Crippen molar-refractivity contribution in [1.82, 2.24) is 5.32 Å². The number of amides is 1. The number of carboxylic acid groups (broad SMARTS) is 1. The Labute approximate surface area is 114 Å². The van der Waals surface area contributed by atoms with Gasteiger partial charge in [-0.1, -0.05) is 20.8 Å². The van der Waals surface area contributed by atoms with Crippen LogP contribution in [0.25, 0.3) is 0 Å². The highest BCUT2D eigenvalue weighted by Gasteiger charge is 2.35. The Bertz CT molecular complexity index is 328. The van der Waals surface area contributed by atoms with E-state index in [4.69, 9.17) is 5.73 Å². The lowest BCUT2D eigenvalue weighted by molar-refractivity contribution is -0.145. The van der Waals surface area contributed by atoms with Crippen molar-refractivity contribution in [3.63, 3.8) is 0 Å². The molecule has 0 saturated heterocycles. The molecule has 19 heavy (non-hydrogen) atoms. The molecule has 4 N–H and O–H groups in total. The van der Waals surface area contributed by atoms with Crippen molar-refractivity contribution in [1.29, 1.82) is 0 Å². The highest BCUT2D eigenvalue weighted by Crippen LogP contribution is 2.29. The molecule has 0 aromatic rings. The highest BCUT2D eigenvalue weighted by atomic mass is 16.4. The topological polar surface area (TPSA) is 92.4 Å². The lowest BCUT2D eigenvalue weighted by Crippen LogP contribution is -2.51. The van der Waals surface area contributed by atoms with Gasteiger partial charge in [-0.2, -0.15) is 0 Å². The van der Waals surface area contributed by atoms with Crippen LogP contribution in [0.5, 0.6) is 0 Å². The summed E-state index contributed by atoms with van der Waals surface area (Å²) < 4.78 is 0. The van der Waals surface area contributed by atoms with E-state index >= 15 is 0 Å². The minimum absolute atomic E-state index is 0.0630. The third-order valence-electron chi connectivity index (χ3n) is 3.95. The number of carboxylic acids is 1. The zero-order valence-corrected chi connectivity index (χ0v) is 12.1. The maximum absolute atomic E-state index is 12.1. The summed E-state index contributed by atoms with van der Waals surface area (Å²) in [6, 6.07) is -0.841. The minimum atomic E-state index is -0.975. The standard InChI is InChI=1S/C14H26N2O3/c1-14(2,3)11(13(18)19)16-12(17)10-6-4-9(8-15)5-7-10/h9-11H,4-8,15H2,1-3H3,(H,16,17)(H,18,19)/t9?,10?,11-/m1/s1. The van der Waals surface area contributed by atoms with Crippen molar-refractivity contribution in [2.24, 2.45) is 23.0 Å². The number of aliphatic carboxylic acids is 1. The molecule has 1 saturated carbocycles. The fourth-order valence-corrected chi connectivity index (χ4v) is 2.57. The van der Waals surface area contributed by atoms with E-state index in [0.29, 0.717) is 12.5 Å². The number of hydrogen-bond acceptors (Lipinski definition) is 3. The third kappa shape index (κ3) is 4.49. The van der Waals surface area contributed by atoms with Gasteiger partial charge >= 0.3 is 5.97 Å². The van der Waals surface area contributed by atoms with E-state index in [1.807, 2.05) is 20.8 Å². The van der Waals surface area contributed by atoms with Crippen LogP contribution < -0.4 is 11.1 Å². The number of hydrogen-bond donors (Lipinski definition) is 3. The van der Waals surface area contributed by atoms with Gasteiger partial charge in [0.05, 0.1) is 0 Å². The molecule has 0 spiro atoms. The molecule has 1 rings (SSSR count). The summed E-state index contributed by atoms with van der Waals surface area (Å²) in [5.74, 6) is -0.650. The average Bonchev–Trinajstić information content (AvgIpc) is 2.34. The normalized spacial score (nSPS) is 25.7. The fraction of sp³-hybridized carbons (Fsp3) is 0.857. The van der Waals surface area contributed by atoms with Crippen molar-refractivity contribution >= 4 is 11.9 Å². The predicted octanol–water partition coefficient (Wildman–Crippen LogP) is 1.37. The van der Waals surface area contributed by atoms with Gasteiger partial charge in [0.2, 0.25) is 5.91 Å². The van der Waals surface area contributed by atoms with Gasteiger partial charge in [-0.05, 0) is 43.6 Å². The molecule has 1 amide bonds. The summed E-state index contributed by atoms with van der Waals surface area (Å²) in [7, 11) is 0. The van der Waals surface area contributed by atoms with Crippen LogP contribution in [-0.4, -0.2) is 29.6 Å². The molecule has 5 heteroatoms. The Morgan fingerprint density at radius 1 is 1.26 bits per heavy atom. The number of carbonyl (C=O) groups excluding carboxylic acids is 1. The molecule has 0 bridgehead atoms. The molecule has 0 heterocycles. The van der Waals surface area contributed by atoms with Gasteiger partial charge in [0.1, 0.15) is 6.04 Å². The first-order chi connectivity index (χ1) is 8.75. The zero-order chi connectivity index (χ0) is 14.6. The smallest absolute Gasteiger partial charge is 0.326 e. The molecule has 0 aromatic heterocycles. The Morgan fingerprint density at radius 2 is 1.79 bits per heavy atom. The van der Waals surface area contributed by atoms with Crippen LogP contribution in [-0.2, 0) is 9.59 Å². The summed E-state index contributed by atoms with van der Waals surface area (Å²) in [6.07, 6.45) is 3.54. The molecular weight excluding hydrogens is 244 g/mol. The summed E-state index contributed by atoms with van der Waals surface area (Å²) in [5, 5.41) is 11.9. The predicted molar refractivity (Wildman–Crippen MR) is 73.5 cm³/mol. The van der Waals surface area contributed by atoms with E-state index in [1.165, 1.54) is 0 Å². The second kappa shape index (κ2) is 6.37. The summed E-state index contributed by atoms with van der Waals surface area (Å²) in [5.41, 5.74) is 5.13. The molecule has 0 aliphatic heterocycles. The van der Waals surface area contributed by atoms with E-state index in [0.717, 1.165) is 25.7 Å². The van der Waals surface area contributed by atoms with Crippen molar-refractivity contribution < 1.29 is 14.7 Å². The van der Waals surface area contributed by atoms with Gasteiger partial charge in [-0.15, -0.1) is 0 Å². The Morgan fingerprint density at radius 3 is 2.16 bits per heavy atom. The molecule has 110 valence electrons. The SMILES string of the molecule is CC(C)(C)[C@H](NC(=O)C1CCC(CN)CC1)C(=O)O. The van der Waals surface area contributed by atoms with Crippen LogP contribution in [0.15, 0.2) is 0 Å². The number of carbonyl (C=O) groups is 2. The fourth-order valence-electron chi connectivity index (χ4n) is 2.57. The molecule has 0 aromatic carbocycles. The molecule has 1 aliphatic carbocycles. The first-order valence-corrected chi connectivity index (χ1v) is 6.99. The van der Waals surface area contributed by atoms with Gasteiger partial charge < -0.3 is 16.2 Å². The number of nitrogens with two attached hydrogens (primary N) is 1. The molecule has 1 fully saturated rings. The zero-order valence-electron chi connectivity index (χ0n) is 12.1. The highest BCUT2D eigenvalue weighted by molar-refractivity contribution is 5.85. The largest absolute Gasteiger partial charge is 0.480 e. The van der Waals surface area contributed by atoms with Crippen LogP contribution in [0.3, 0.4) is 0 Å². The van der Waals surface area contributed by atoms with Crippen molar-refractivity contribution in [3.8, 4) is 0 Å². The summed E-state index contributed by atoms with van der Waals surface area (Å²) in [6.45, 7) is 6.13. The summed E-state index contributed by atoms with van der Waals surface area (Å²) >= 11 is 0. The van der Waals surface area contributed by atoms with Crippen molar-refractivity contribution in [2.75, 3.05) is 6.54 Å².